The first-order valence-electron chi connectivity index (χ1n) is 3.46. The van der Waals surface area contributed by atoms with Crippen molar-refractivity contribution < 1.29 is 0 Å². The second-order valence-electron chi connectivity index (χ2n) is 2.42. The normalized spacial score (nSPS) is 9.50. The number of halogens is 1. The molecule has 4 N–H and O–H groups in total. The smallest absolute Gasteiger partial charge is 0.191 e. The Labute approximate surface area is 85.0 Å². The van der Waals surface area contributed by atoms with Crippen LogP contribution in [0.3, 0.4) is 0 Å². The van der Waals surface area contributed by atoms with Crippen LogP contribution in [0.1, 0.15) is 5.56 Å². The summed E-state index contributed by atoms with van der Waals surface area (Å²) in [5.74, 6) is 0.0973. The van der Waals surface area contributed by atoms with Gasteiger partial charge in [-0.15, -0.1) is 0 Å². The van der Waals surface area contributed by atoms with E-state index in [1.54, 1.807) is 0 Å². The summed E-state index contributed by atoms with van der Waals surface area (Å²) in [4.78, 5) is 3.99. The number of nitrogens with two attached hydrogens (primary N) is 2. The van der Waals surface area contributed by atoms with Gasteiger partial charge in [-0.3, -0.25) is 0 Å². The Bertz CT molecular complexity index is 316. The summed E-state index contributed by atoms with van der Waals surface area (Å²) in [6.45, 7) is 1.99. The highest BCUT2D eigenvalue weighted by Crippen LogP contribution is 2.22. The molecule has 0 saturated heterocycles. The van der Waals surface area contributed by atoms with Gasteiger partial charge in [0.15, 0.2) is 5.96 Å². The average molecular weight is 275 g/mol. The molecule has 0 aliphatic heterocycles. The summed E-state index contributed by atoms with van der Waals surface area (Å²) < 4.78 is 1.16. The lowest BCUT2D eigenvalue weighted by Gasteiger charge is -2.01. The van der Waals surface area contributed by atoms with Crippen LogP contribution in [0.4, 0.5) is 5.69 Å². The molecule has 0 aromatic heterocycles. The SMILES string of the molecule is Cc1c(I)cccc1N=C(N)N. The van der Waals surface area contributed by atoms with E-state index in [2.05, 4.69) is 27.6 Å². The molecule has 0 heterocycles. The van der Waals surface area contributed by atoms with Crippen LogP contribution in [0.2, 0.25) is 0 Å². The highest BCUT2D eigenvalue weighted by molar-refractivity contribution is 14.1. The van der Waals surface area contributed by atoms with Gasteiger partial charge < -0.3 is 11.5 Å². The molecule has 1 rings (SSSR count). The summed E-state index contributed by atoms with van der Waals surface area (Å²) in [5, 5.41) is 0. The fourth-order valence-electron chi connectivity index (χ4n) is 0.856. The minimum absolute atomic E-state index is 0.0973. The van der Waals surface area contributed by atoms with Crippen molar-refractivity contribution in [2.75, 3.05) is 0 Å². The molecule has 0 unspecified atom stereocenters. The quantitative estimate of drug-likeness (QED) is 0.463. The van der Waals surface area contributed by atoms with Gasteiger partial charge in [-0.1, -0.05) is 6.07 Å². The molecular formula is C8H10IN3. The Balaban J connectivity index is 3.17. The molecule has 0 fully saturated rings. The molecule has 0 aliphatic carbocycles. The van der Waals surface area contributed by atoms with E-state index in [0.717, 1.165) is 14.8 Å². The molecule has 0 saturated carbocycles. The van der Waals surface area contributed by atoms with Crippen LogP contribution in [0.25, 0.3) is 0 Å². The molecule has 0 bridgehead atoms. The van der Waals surface area contributed by atoms with Crippen molar-refractivity contribution in [3.05, 3.63) is 27.3 Å². The molecule has 0 spiro atoms. The summed E-state index contributed by atoms with van der Waals surface area (Å²) >= 11 is 2.25. The monoisotopic (exact) mass is 275 g/mol. The maximum atomic E-state index is 5.27. The molecule has 3 nitrogen and oxygen atoms in total. The maximum Gasteiger partial charge on any atom is 0.191 e. The van der Waals surface area contributed by atoms with Gasteiger partial charge in [-0.2, -0.15) is 0 Å². The number of nitrogens with zero attached hydrogens (tertiary/aromatic N) is 1. The maximum absolute atomic E-state index is 5.27. The van der Waals surface area contributed by atoms with Crippen molar-refractivity contribution in [3.63, 3.8) is 0 Å². The second kappa shape index (κ2) is 3.75. The van der Waals surface area contributed by atoms with Crippen LogP contribution >= 0.6 is 22.6 Å². The van der Waals surface area contributed by atoms with Crippen LogP contribution in [0.15, 0.2) is 23.2 Å². The van der Waals surface area contributed by atoms with Crippen LogP contribution in [-0.4, -0.2) is 5.96 Å². The van der Waals surface area contributed by atoms with E-state index in [1.807, 2.05) is 25.1 Å². The minimum atomic E-state index is 0.0973. The molecule has 1 aromatic rings. The summed E-state index contributed by atoms with van der Waals surface area (Å²) in [6, 6.07) is 5.83. The molecule has 1 aromatic carbocycles. The van der Waals surface area contributed by atoms with Crippen LogP contribution in [-0.2, 0) is 0 Å². The number of hydrogen-bond donors (Lipinski definition) is 2. The molecule has 4 heteroatoms. The predicted molar refractivity (Wildman–Crippen MR) is 59.4 cm³/mol. The Morgan fingerprint density at radius 3 is 2.67 bits per heavy atom. The van der Waals surface area contributed by atoms with Crippen molar-refractivity contribution in [2.24, 2.45) is 16.5 Å². The number of rotatable bonds is 1. The third-order valence-electron chi connectivity index (χ3n) is 1.49. The summed E-state index contributed by atoms with van der Waals surface area (Å²) in [7, 11) is 0. The Hall–Kier alpha value is -0.780. The van der Waals surface area contributed by atoms with Gasteiger partial charge in [0.25, 0.3) is 0 Å². The molecular weight excluding hydrogens is 265 g/mol. The predicted octanol–water partition coefficient (Wildman–Crippen LogP) is 1.50. The zero-order valence-electron chi connectivity index (χ0n) is 6.71. The summed E-state index contributed by atoms with van der Waals surface area (Å²) in [6.07, 6.45) is 0. The molecule has 0 atom stereocenters. The first-order valence-corrected chi connectivity index (χ1v) is 4.54. The van der Waals surface area contributed by atoms with Crippen LogP contribution < -0.4 is 11.5 Å². The van der Waals surface area contributed by atoms with Gasteiger partial charge in [0, 0.05) is 3.57 Å². The fourth-order valence-corrected chi connectivity index (χ4v) is 1.34. The first-order chi connectivity index (χ1) is 5.61. The standard InChI is InChI=1S/C8H10IN3/c1-5-6(9)3-2-4-7(5)12-8(10)11/h2-4H,1H3,(H4,10,11,12). The molecule has 0 radical (unpaired) electrons. The largest absolute Gasteiger partial charge is 0.370 e. The molecule has 64 valence electrons. The van der Waals surface area contributed by atoms with Gasteiger partial charge in [0.2, 0.25) is 0 Å². The Morgan fingerprint density at radius 2 is 2.08 bits per heavy atom. The highest BCUT2D eigenvalue weighted by Gasteiger charge is 1.99. The van der Waals surface area contributed by atoms with Crippen molar-refractivity contribution >= 4 is 34.2 Å². The van der Waals surface area contributed by atoms with Crippen molar-refractivity contribution in [1.82, 2.24) is 0 Å². The average Bonchev–Trinajstić information content (AvgIpc) is 1.98. The first kappa shape index (κ1) is 9.31. The van der Waals surface area contributed by atoms with Gasteiger partial charge in [-0.25, -0.2) is 4.99 Å². The van der Waals surface area contributed by atoms with Gasteiger partial charge in [0.05, 0.1) is 5.69 Å². The molecule has 0 amide bonds. The van der Waals surface area contributed by atoms with Crippen molar-refractivity contribution in [2.45, 2.75) is 6.92 Å². The number of benzene rings is 1. The lowest BCUT2D eigenvalue weighted by molar-refractivity contribution is 1.34. The van der Waals surface area contributed by atoms with Crippen LogP contribution in [0.5, 0.6) is 0 Å². The Kier molecular flexibility index (Phi) is 2.91. The summed E-state index contributed by atoms with van der Waals surface area (Å²) in [5.41, 5.74) is 12.5. The second-order valence-corrected chi connectivity index (χ2v) is 3.58. The van der Waals surface area contributed by atoms with E-state index in [1.165, 1.54) is 0 Å². The van der Waals surface area contributed by atoms with Gasteiger partial charge >= 0.3 is 0 Å². The highest BCUT2D eigenvalue weighted by atomic mass is 127. The minimum Gasteiger partial charge on any atom is -0.370 e. The zero-order chi connectivity index (χ0) is 9.14. The molecule has 0 aliphatic rings. The van der Waals surface area contributed by atoms with Crippen molar-refractivity contribution in [3.8, 4) is 0 Å². The number of aliphatic imine (C=N–C) groups is 1. The topological polar surface area (TPSA) is 64.4 Å². The van der Waals surface area contributed by atoms with Gasteiger partial charge in [0.1, 0.15) is 0 Å². The fraction of sp³-hybridized carbons (Fsp3) is 0.125. The van der Waals surface area contributed by atoms with E-state index in [-0.39, 0.29) is 5.96 Å². The van der Waals surface area contributed by atoms with Gasteiger partial charge in [-0.05, 0) is 47.2 Å². The van der Waals surface area contributed by atoms with Crippen LogP contribution in [0, 0.1) is 10.5 Å². The number of hydrogen-bond acceptors (Lipinski definition) is 1. The van der Waals surface area contributed by atoms with E-state index < -0.39 is 0 Å². The molecule has 12 heavy (non-hydrogen) atoms. The lowest BCUT2D eigenvalue weighted by atomic mass is 10.2. The third kappa shape index (κ3) is 2.10. The Morgan fingerprint density at radius 1 is 1.42 bits per heavy atom. The van der Waals surface area contributed by atoms with E-state index in [0.29, 0.717) is 0 Å². The lowest BCUT2D eigenvalue weighted by Crippen LogP contribution is -2.22. The van der Waals surface area contributed by atoms with E-state index in [9.17, 15) is 0 Å². The number of guanidine groups is 1. The van der Waals surface area contributed by atoms with E-state index in [4.69, 9.17) is 11.5 Å². The zero-order valence-corrected chi connectivity index (χ0v) is 8.87. The van der Waals surface area contributed by atoms with E-state index >= 15 is 0 Å². The van der Waals surface area contributed by atoms with Crippen molar-refractivity contribution in [1.29, 1.82) is 0 Å². The third-order valence-corrected chi connectivity index (χ3v) is 2.66.